The minimum atomic E-state index is -0.479. The number of nitrogens with one attached hydrogen (secondary N) is 1. The number of nitrogens with zero attached hydrogens (tertiary/aromatic N) is 3. The summed E-state index contributed by atoms with van der Waals surface area (Å²) in [6, 6.07) is 9.81. The molecule has 0 spiro atoms. The molecule has 2 N–H and O–H groups in total. The highest BCUT2D eigenvalue weighted by atomic mass is 19.1. The summed E-state index contributed by atoms with van der Waals surface area (Å²) >= 11 is 0. The zero-order valence-corrected chi connectivity index (χ0v) is 14.8. The Labute approximate surface area is 156 Å². The third-order valence-corrected chi connectivity index (χ3v) is 4.98. The first-order chi connectivity index (χ1) is 13.1. The van der Waals surface area contributed by atoms with Gasteiger partial charge < -0.3 is 15.0 Å². The van der Waals surface area contributed by atoms with Crippen LogP contribution in [0, 0.1) is 5.82 Å². The predicted molar refractivity (Wildman–Crippen MR) is 99.6 cm³/mol. The molecular weight excluding hydrogens is 347 g/mol. The molecule has 1 fully saturated rings. The molecule has 0 bridgehead atoms. The number of carbonyl (C=O) groups is 1. The first-order valence-corrected chi connectivity index (χ1v) is 9.12. The highest BCUT2D eigenvalue weighted by molar-refractivity contribution is 5.82. The summed E-state index contributed by atoms with van der Waals surface area (Å²) in [6.07, 6.45) is 3.02. The quantitative estimate of drug-likeness (QED) is 0.722. The second-order valence-corrected chi connectivity index (χ2v) is 6.90. The number of rotatable bonds is 5. The summed E-state index contributed by atoms with van der Waals surface area (Å²) < 4.78 is 15.7. The number of benzene rings is 1. The molecule has 1 aromatic carbocycles. The lowest BCUT2D eigenvalue weighted by atomic mass is 9.97. The van der Waals surface area contributed by atoms with Crippen molar-refractivity contribution in [3.8, 4) is 11.3 Å². The number of aromatic nitrogens is 3. The van der Waals surface area contributed by atoms with Crippen molar-refractivity contribution in [2.75, 3.05) is 6.54 Å². The van der Waals surface area contributed by atoms with E-state index in [1.807, 2.05) is 0 Å². The molecule has 4 rings (SSSR count). The fourth-order valence-corrected chi connectivity index (χ4v) is 3.54. The van der Waals surface area contributed by atoms with Crippen LogP contribution in [0.3, 0.4) is 0 Å². The Bertz CT molecular complexity index is 972. The van der Waals surface area contributed by atoms with Gasteiger partial charge in [-0.05, 0) is 43.7 Å². The van der Waals surface area contributed by atoms with Crippen LogP contribution in [0.2, 0.25) is 0 Å². The van der Waals surface area contributed by atoms with Gasteiger partial charge in [0.2, 0.25) is 0 Å². The van der Waals surface area contributed by atoms with E-state index in [9.17, 15) is 14.3 Å². The van der Waals surface area contributed by atoms with Gasteiger partial charge in [0, 0.05) is 18.0 Å². The van der Waals surface area contributed by atoms with E-state index in [-0.39, 0.29) is 30.6 Å². The number of pyridine rings is 1. The minimum Gasteiger partial charge on any atom is -0.391 e. The Morgan fingerprint density at radius 2 is 2.15 bits per heavy atom. The van der Waals surface area contributed by atoms with Crippen LogP contribution in [0.4, 0.5) is 4.39 Å². The second kappa shape index (κ2) is 7.54. The number of fused-ring (bicyclic) bond motifs is 1. The van der Waals surface area contributed by atoms with Gasteiger partial charge in [0.05, 0.1) is 30.2 Å². The van der Waals surface area contributed by atoms with Gasteiger partial charge in [0.15, 0.2) is 11.4 Å². The summed E-state index contributed by atoms with van der Waals surface area (Å²) in [7, 11) is 0. The molecule has 7 heteroatoms. The Morgan fingerprint density at radius 3 is 2.96 bits per heavy atom. The first-order valence-electron chi connectivity index (χ1n) is 9.12. The molecule has 2 aromatic heterocycles. The van der Waals surface area contributed by atoms with Crippen molar-refractivity contribution in [2.24, 2.45) is 0 Å². The summed E-state index contributed by atoms with van der Waals surface area (Å²) in [5, 5.41) is 13.2. The molecule has 1 saturated heterocycles. The molecular formula is C20H21FN4O2. The van der Waals surface area contributed by atoms with E-state index in [2.05, 4.69) is 15.3 Å². The smallest absolute Gasteiger partial charge is 0.178 e. The number of ketones is 1. The summed E-state index contributed by atoms with van der Waals surface area (Å²) in [6.45, 7) is 0.994. The molecule has 1 aliphatic rings. The maximum Gasteiger partial charge on any atom is 0.178 e. The number of hydrogen-bond acceptors (Lipinski definition) is 5. The van der Waals surface area contributed by atoms with E-state index in [0.717, 1.165) is 24.9 Å². The fraction of sp³-hybridized carbons (Fsp3) is 0.350. The zero-order valence-electron chi connectivity index (χ0n) is 14.8. The van der Waals surface area contributed by atoms with E-state index >= 15 is 0 Å². The SMILES string of the molecule is O=C(CC1NCCCC1O)Cn1cnc2nc(-c3ccccc3F)ccc21. The van der Waals surface area contributed by atoms with Gasteiger partial charge in [-0.1, -0.05) is 12.1 Å². The molecule has 0 aliphatic carbocycles. The van der Waals surface area contributed by atoms with Crippen molar-refractivity contribution < 1.29 is 14.3 Å². The maximum atomic E-state index is 14.0. The Morgan fingerprint density at radius 1 is 1.30 bits per heavy atom. The third kappa shape index (κ3) is 3.74. The lowest BCUT2D eigenvalue weighted by molar-refractivity contribution is -0.121. The minimum absolute atomic E-state index is 0.0194. The average molecular weight is 368 g/mol. The Hall–Kier alpha value is -2.64. The molecule has 0 saturated carbocycles. The van der Waals surface area contributed by atoms with Crippen LogP contribution in [0.25, 0.3) is 22.4 Å². The van der Waals surface area contributed by atoms with Crippen molar-refractivity contribution in [1.29, 1.82) is 0 Å². The monoisotopic (exact) mass is 368 g/mol. The predicted octanol–water partition coefficient (Wildman–Crippen LogP) is 2.31. The van der Waals surface area contributed by atoms with Crippen LogP contribution >= 0.6 is 0 Å². The number of aliphatic hydroxyl groups is 1. The highest BCUT2D eigenvalue weighted by Gasteiger charge is 2.25. The van der Waals surface area contributed by atoms with Crippen molar-refractivity contribution in [2.45, 2.75) is 38.0 Å². The van der Waals surface area contributed by atoms with Gasteiger partial charge in [-0.25, -0.2) is 14.4 Å². The largest absolute Gasteiger partial charge is 0.391 e. The van der Waals surface area contributed by atoms with E-state index < -0.39 is 6.10 Å². The summed E-state index contributed by atoms with van der Waals surface area (Å²) in [4.78, 5) is 21.1. The van der Waals surface area contributed by atoms with Crippen LogP contribution in [-0.2, 0) is 11.3 Å². The van der Waals surface area contributed by atoms with E-state index in [1.54, 1.807) is 41.2 Å². The van der Waals surface area contributed by atoms with Crippen molar-refractivity contribution in [3.05, 3.63) is 48.5 Å². The van der Waals surface area contributed by atoms with Crippen LogP contribution in [0.15, 0.2) is 42.7 Å². The number of carbonyl (C=O) groups excluding carboxylic acids is 1. The molecule has 1 aliphatic heterocycles. The molecule has 3 heterocycles. The van der Waals surface area contributed by atoms with Crippen molar-refractivity contribution in [1.82, 2.24) is 19.9 Å². The Kier molecular flexibility index (Phi) is 4.96. The Balaban J connectivity index is 1.52. The van der Waals surface area contributed by atoms with Crippen LogP contribution < -0.4 is 5.32 Å². The molecule has 27 heavy (non-hydrogen) atoms. The van der Waals surface area contributed by atoms with Crippen LogP contribution in [-0.4, -0.2) is 44.1 Å². The average Bonchev–Trinajstić information content (AvgIpc) is 3.06. The second-order valence-electron chi connectivity index (χ2n) is 6.90. The molecule has 6 nitrogen and oxygen atoms in total. The number of halogens is 1. The molecule has 0 amide bonds. The van der Waals surface area contributed by atoms with E-state index in [0.29, 0.717) is 16.9 Å². The van der Waals surface area contributed by atoms with Gasteiger partial charge in [0.25, 0.3) is 0 Å². The van der Waals surface area contributed by atoms with Gasteiger partial charge in [-0.2, -0.15) is 0 Å². The topological polar surface area (TPSA) is 80.0 Å². The van der Waals surface area contributed by atoms with Crippen LogP contribution in [0.1, 0.15) is 19.3 Å². The number of hydrogen-bond donors (Lipinski definition) is 2. The van der Waals surface area contributed by atoms with E-state index in [4.69, 9.17) is 0 Å². The van der Waals surface area contributed by atoms with Gasteiger partial charge in [0.1, 0.15) is 5.82 Å². The summed E-state index contributed by atoms with van der Waals surface area (Å²) in [5.74, 6) is -0.316. The number of imidazole rings is 1. The molecule has 2 atom stereocenters. The first kappa shape index (κ1) is 17.8. The standard InChI is InChI=1S/C20H21FN4O2/c21-15-5-2-1-4-14(15)16-7-8-18-20(24-16)23-12-25(18)11-13(26)10-17-19(27)6-3-9-22-17/h1-2,4-5,7-8,12,17,19,22,27H,3,6,9-11H2. The maximum absolute atomic E-state index is 14.0. The van der Waals surface area contributed by atoms with Gasteiger partial charge in [-0.3, -0.25) is 4.79 Å². The van der Waals surface area contributed by atoms with Gasteiger partial charge in [-0.15, -0.1) is 0 Å². The van der Waals surface area contributed by atoms with Crippen LogP contribution in [0.5, 0.6) is 0 Å². The normalized spacial score (nSPS) is 20.1. The number of piperidine rings is 1. The zero-order chi connectivity index (χ0) is 18.8. The summed E-state index contributed by atoms with van der Waals surface area (Å²) in [5.41, 5.74) is 2.12. The van der Waals surface area contributed by atoms with E-state index in [1.165, 1.54) is 6.07 Å². The lowest BCUT2D eigenvalue weighted by Gasteiger charge is -2.28. The van der Waals surface area contributed by atoms with Crippen molar-refractivity contribution in [3.63, 3.8) is 0 Å². The third-order valence-electron chi connectivity index (χ3n) is 4.98. The molecule has 3 aromatic rings. The highest BCUT2D eigenvalue weighted by Crippen LogP contribution is 2.23. The molecule has 0 radical (unpaired) electrons. The fourth-order valence-electron chi connectivity index (χ4n) is 3.54. The molecule has 140 valence electrons. The lowest BCUT2D eigenvalue weighted by Crippen LogP contribution is -2.46. The number of Topliss-reactive ketones (excluding diaryl/α,β-unsaturated/α-hetero) is 1. The molecule has 2 unspecified atom stereocenters. The van der Waals surface area contributed by atoms with Gasteiger partial charge >= 0.3 is 0 Å². The number of aliphatic hydroxyl groups excluding tert-OH is 1. The van der Waals surface area contributed by atoms with Crippen molar-refractivity contribution >= 4 is 16.9 Å².